The Hall–Kier alpha value is -1.23. The maximum Gasteiger partial charge on any atom is 0.0992 e. The highest BCUT2D eigenvalue weighted by Crippen LogP contribution is 2.19. The second kappa shape index (κ2) is 5.61. The van der Waals surface area contributed by atoms with Gasteiger partial charge in [-0.05, 0) is 19.4 Å². The van der Waals surface area contributed by atoms with Gasteiger partial charge in [0.25, 0.3) is 0 Å². The average Bonchev–Trinajstić information content (AvgIpc) is 2.76. The van der Waals surface area contributed by atoms with Gasteiger partial charge in [0.1, 0.15) is 0 Å². The van der Waals surface area contributed by atoms with Gasteiger partial charge in [-0.25, -0.2) is 4.98 Å². The zero-order valence-electron chi connectivity index (χ0n) is 10.7. The Balaban J connectivity index is 1.92. The molecule has 3 nitrogen and oxygen atoms in total. The van der Waals surface area contributed by atoms with E-state index in [0.717, 1.165) is 17.8 Å². The lowest BCUT2D eigenvalue weighted by Crippen LogP contribution is -2.35. The molecule has 2 aromatic rings. The molecular weight excluding hydrogens is 244 g/mol. The lowest BCUT2D eigenvalue weighted by molar-refractivity contribution is 0.0567. The highest BCUT2D eigenvalue weighted by Gasteiger charge is 2.22. The highest BCUT2D eigenvalue weighted by molar-refractivity contribution is 7.09. The van der Waals surface area contributed by atoms with Gasteiger partial charge in [0, 0.05) is 18.0 Å². The van der Waals surface area contributed by atoms with E-state index in [2.05, 4.69) is 10.3 Å². The fourth-order valence-electron chi connectivity index (χ4n) is 1.81. The van der Waals surface area contributed by atoms with Gasteiger partial charge >= 0.3 is 0 Å². The monoisotopic (exact) mass is 262 g/mol. The van der Waals surface area contributed by atoms with E-state index >= 15 is 0 Å². The molecule has 4 heteroatoms. The van der Waals surface area contributed by atoms with Gasteiger partial charge in [0.2, 0.25) is 0 Å². The van der Waals surface area contributed by atoms with Gasteiger partial charge in [-0.15, -0.1) is 11.3 Å². The molecule has 0 radical (unpaired) electrons. The number of nitrogens with zero attached hydrogens (tertiary/aromatic N) is 1. The van der Waals surface area contributed by atoms with E-state index in [1.807, 2.05) is 49.7 Å². The lowest BCUT2D eigenvalue weighted by Gasteiger charge is -2.24. The summed E-state index contributed by atoms with van der Waals surface area (Å²) in [5, 5.41) is 13.7. The van der Waals surface area contributed by atoms with Crippen molar-refractivity contribution in [1.29, 1.82) is 0 Å². The molecule has 96 valence electrons. The summed E-state index contributed by atoms with van der Waals surface area (Å²) in [6, 6.07) is 9.72. The van der Waals surface area contributed by atoms with Crippen molar-refractivity contribution < 1.29 is 5.11 Å². The first-order valence-electron chi connectivity index (χ1n) is 5.97. The molecule has 0 aliphatic rings. The number of hydrogen-bond donors (Lipinski definition) is 2. The van der Waals surface area contributed by atoms with Crippen molar-refractivity contribution in [2.45, 2.75) is 26.0 Å². The minimum Gasteiger partial charge on any atom is -0.384 e. The summed E-state index contributed by atoms with van der Waals surface area (Å²) < 4.78 is 0. The summed E-state index contributed by atoms with van der Waals surface area (Å²) in [6.07, 6.45) is 0. The Morgan fingerprint density at radius 3 is 2.67 bits per heavy atom. The van der Waals surface area contributed by atoms with Crippen LogP contribution in [0.15, 0.2) is 35.8 Å². The molecular formula is C14H18N2OS. The Labute approximate surface area is 112 Å². The number of thiazole rings is 1. The molecule has 0 bridgehead atoms. The van der Waals surface area contributed by atoms with Crippen LogP contribution < -0.4 is 5.32 Å². The molecule has 1 unspecified atom stereocenters. The second-order valence-electron chi connectivity index (χ2n) is 4.60. The third kappa shape index (κ3) is 3.16. The molecule has 0 spiro atoms. The SMILES string of the molecule is Cc1ncsc1CNCC(C)(O)c1ccccc1. The van der Waals surface area contributed by atoms with Crippen molar-refractivity contribution in [3.05, 3.63) is 52.0 Å². The standard InChI is InChI=1S/C14H18N2OS/c1-11-13(18-10-16-11)8-15-9-14(2,17)12-6-4-3-5-7-12/h3-7,10,15,17H,8-9H2,1-2H3. The summed E-state index contributed by atoms with van der Waals surface area (Å²) in [6.45, 7) is 5.10. The number of benzene rings is 1. The topological polar surface area (TPSA) is 45.2 Å². The number of nitrogens with one attached hydrogen (secondary N) is 1. The minimum atomic E-state index is -0.847. The van der Waals surface area contributed by atoms with Crippen molar-refractivity contribution in [2.24, 2.45) is 0 Å². The minimum absolute atomic E-state index is 0.522. The van der Waals surface area contributed by atoms with Gasteiger partial charge in [-0.1, -0.05) is 30.3 Å². The number of aliphatic hydroxyl groups is 1. The molecule has 0 aliphatic carbocycles. The van der Waals surface area contributed by atoms with Crippen LogP contribution in [-0.4, -0.2) is 16.6 Å². The van der Waals surface area contributed by atoms with Crippen molar-refractivity contribution in [2.75, 3.05) is 6.54 Å². The molecule has 0 amide bonds. The molecule has 0 fully saturated rings. The fraction of sp³-hybridized carbons (Fsp3) is 0.357. The number of rotatable bonds is 5. The molecule has 2 rings (SSSR count). The van der Waals surface area contributed by atoms with Crippen LogP contribution in [0.3, 0.4) is 0 Å². The fourth-order valence-corrected chi connectivity index (χ4v) is 2.56. The van der Waals surface area contributed by atoms with Crippen LogP contribution in [0.4, 0.5) is 0 Å². The van der Waals surface area contributed by atoms with Crippen molar-refractivity contribution in [3.63, 3.8) is 0 Å². The van der Waals surface area contributed by atoms with E-state index in [1.54, 1.807) is 11.3 Å². The first-order chi connectivity index (χ1) is 8.59. The molecule has 1 aromatic carbocycles. The molecule has 0 saturated carbocycles. The Kier molecular flexibility index (Phi) is 4.11. The summed E-state index contributed by atoms with van der Waals surface area (Å²) >= 11 is 1.64. The number of hydrogen-bond acceptors (Lipinski definition) is 4. The molecule has 18 heavy (non-hydrogen) atoms. The van der Waals surface area contributed by atoms with E-state index in [1.165, 1.54) is 4.88 Å². The Morgan fingerprint density at radius 2 is 2.06 bits per heavy atom. The van der Waals surface area contributed by atoms with Crippen LogP contribution in [0.1, 0.15) is 23.1 Å². The molecule has 0 aliphatic heterocycles. The van der Waals surface area contributed by atoms with Crippen LogP contribution in [0.25, 0.3) is 0 Å². The predicted molar refractivity (Wildman–Crippen MR) is 74.6 cm³/mol. The quantitative estimate of drug-likeness (QED) is 0.870. The summed E-state index contributed by atoms with van der Waals surface area (Å²) in [5.41, 5.74) is 2.99. The van der Waals surface area contributed by atoms with Crippen LogP contribution in [0.2, 0.25) is 0 Å². The number of aryl methyl sites for hydroxylation is 1. The van der Waals surface area contributed by atoms with E-state index in [4.69, 9.17) is 0 Å². The third-order valence-corrected chi connectivity index (χ3v) is 3.93. The normalized spacial score (nSPS) is 14.4. The Morgan fingerprint density at radius 1 is 1.33 bits per heavy atom. The van der Waals surface area contributed by atoms with Gasteiger partial charge in [0.05, 0.1) is 16.8 Å². The third-order valence-electron chi connectivity index (χ3n) is 3.00. The first-order valence-corrected chi connectivity index (χ1v) is 6.85. The van der Waals surface area contributed by atoms with Crippen LogP contribution in [0.5, 0.6) is 0 Å². The zero-order valence-corrected chi connectivity index (χ0v) is 11.5. The average molecular weight is 262 g/mol. The number of aromatic nitrogens is 1. The van der Waals surface area contributed by atoms with E-state index in [0.29, 0.717) is 6.54 Å². The van der Waals surface area contributed by atoms with Gasteiger partial charge in [-0.2, -0.15) is 0 Å². The summed E-state index contributed by atoms with van der Waals surface area (Å²) in [7, 11) is 0. The van der Waals surface area contributed by atoms with Crippen LogP contribution in [-0.2, 0) is 12.1 Å². The van der Waals surface area contributed by atoms with Crippen molar-refractivity contribution in [1.82, 2.24) is 10.3 Å². The van der Waals surface area contributed by atoms with Gasteiger partial charge < -0.3 is 10.4 Å². The Bertz CT molecular complexity index is 494. The van der Waals surface area contributed by atoms with Crippen molar-refractivity contribution in [3.8, 4) is 0 Å². The molecule has 1 atom stereocenters. The predicted octanol–water partition coefficient (Wildman–Crippen LogP) is 2.45. The highest BCUT2D eigenvalue weighted by atomic mass is 32.1. The first kappa shape index (κ1) is 13.2. The molecule has 1 heterocycles. The van der Waals surface area contributed by atoms with Crippen LogP contribution >= 0.6 is 11.3 Å². The summed E-state index contributed by atoms with van der Waals surface area (Å²) in [5.74, 6) is 0. The smallest absolute Gasteiger partial charge is 0.0992 e. The van der Waals surface area contributed by atoms with E-state index in [-0.39, 0.29) is 0 Å². The van der Waals surface area contributed by atoms with E-state index < -0.39 is 5.60 Å². The maximum absolute atomic E-state index is 10.4. The van der Waals surface area contributed by atoms with Gasteiger partial charge in [-0.3, -0.25) is 0 Å². The molecule has 2 N–H and O–H groups in total. The maximum atomic E-state index is 10.4. The summed E-state index contributed by atoms with van der Waals surface area (Å²) in [4.78, 5) is 5.43. The second-order valence-corrected chi connectivity index (χ2v) is 5.54. The van der Waals surface area contributed by atoms with Crippen molar-refractivity contribution >= 4 is 11.3 Å². The zero-order chi connectivity index (χ0) is 13.0. The van der Waals surface area contributed by atoms with E-state index in [9.17, 15) is 5.11 Å². The lowest BCUT2D eigenvalue weighted by atomic mass is 9.96. The largest absolute Gasteiger partial charge is 0.384 e. The molecule has 0 saturated heterocycles. The molecule has 1 aromatic heterocycles. The van der Waals surface area contributed by atoms with Crippen LogP contribution in [0, 0.1) is 6.92 Å². The van der Waals surface area contributed by atoms with Gasteiger partial charge in [0.15, 0.2) is 0 Å².